The van der Waals surface area contributed by atoms with Crippen LogP contribution < -0.4 is 0 Å². The number of hydrogen-bond donors (Lipinski definition) is 1. The molecule has 4 rings (SSSR count). The Morgan fingerprint density at radius 1 is 0.938 bits per heavy atom. The third-order valence-corrected chi connectivity index (χ3v) is 23.1. The Morgan fingerprint density at radius 2 is 1.56 bits per heavy atom. The minimum Gasteiger partial charge on any atom is -0.413 e. The number of aliphatic hydroxyl groups excluding tert-OH is 1. The highest BCUT2D eigenvalue weighted by Crippen LogP contribution is 2.60. The molecule has 0 saturated heterocycles. The van der Waals surface area contributed by atoms with Gasteiger partial charge >= 0.3 is 0 Å². The summed E-state index contributed by atoms with van der Waals surface area (Å²) in [7, 11) is -3.93. The molecule has 0 bridgehead atoms. The first-order valence-electron chi connectivity index (χ1n) is 19.6. The second-order valence-electron chi connectivity index (χ2n) is 19.6. The third kappa shape index (κ3) is 8.55. The van der Waals surface area contributed by atoms with Crippen molar-refractivity contribution in [3.8, 4) is 0 Å². The molecule has 48 heavy (non-hydrogen) atoms. The highest BCUT2D eigenvalue weighted by molar-refractivity contribution is 6.74. The van der Waals surface area contributed by atoms with Crippen molar-refractivity contribution in [3.63, 3.8) is 0 Å². The predicted octanol–water partition coefficient (Wildman–Crippen LogP) is 12.5. The van der Waals surface area contributed by atoms with Crippen molar-refractivity contribution in [3.05, 3.63) is 59.8 Å². The van der Waals surface area contributed by atoms with Crippen LogP contribution in [0.4, 0.5) is 0 Å². The molecule has 0 spiro atoms. The van der Waals surface area contributed by atoms with E-state index in [1.807, 2.05) is 0 Å². The Bertz CT molecular complexity index is 1270. The highest BCUT2D eigenvalue weighted by Gasteiger charge is 2.51. The molecule has 272 valence electrons. The fourth-order valence-corrected chi connectivity index (χ4v) is 11.2. The summed E-state index contributed by atoms with van der Waals surface area (Å²) in [6.45, 7) is 35.4. The molecule has 4 fully saturated rings. The zero-order chi connectivity index (χ0) is 35.9. The van der Waals surface area contributed by atoms with Crippen molar-refractivity contribution >= 4 is 16.6 Å². The van der Waals surface area contributed by atoms with Gasteiger partial charge in [-0.15, -0.1) is 0 Å². The molecule has 0 aromatic heterocycles. The van der Waals surface area contributed by atoms with E-state index in [9.17, 15) is 5.11 Å². The normalized spacial score (nSPS) is 33.2. The Morgan fingerprint density at radius 3 is 2.15 bits per heavy atom. The van der Waals surface area contributed by atoms with Crippen LogP contribution >= 0.6 is 0 Å². The topological polar surface area (TPSA) is 38.7 Å². The Labute approximate surface area is 299 Å². The Hall–Kier alpha value is -0.986. The van der Waals surface area contributed by atoms with Gasteiger partial charge in [0.05, 0.1) is 18.3 Å². The molecule has 0 amide bonds. The molecule has 0 aliphatic heterocycles. The molecule has 7 atom stereocenters. The van der Waals surface area contributed by atoms with Crippen LogP contribution in [0, 0.1) is 28.6 Å². The zero-order valence-electron chi connectivity index (χ0n) is 33.5. The number of hydrogen-bond acceptors (Lipinski definition) is 3. The molecule has 1 N–H and O–H groups in total. The van der Waals surface area contributed by atoms with Crippen molar-refractivity contribution in [2.75, 3.05) is 0 Å². The molecule has 4 aliphatic carbocycles. The Balaban J connectivity index is 1.55. The van der Waals surface area contributed by atoms with Gasteiger partial charge in [-0.2, -0.15) is 0 Å². The van der Waals surface area contributed by atoms with Gasteiger partial charge in [0.15, 0.2) is 16.6 Å². The summed E-state index contributed by atoms with van der Waals surface area (Å²) in [5.41, 5.74) is 4.45. The van der Waals surface area contributed by atoms with Gasteiger partial charge in [0.2, 0.25) is 0 Å². The SMILES string of the molecule is C=C1C(=CC=C2CCC[C@]3(C)[C@@H]([C@H](C)C=C[C@@H](O)C4(C=CCC)CC4)CC[C@@H]23)C[C@@H](O[Si](C)(C)C(C)(C)C)C[C@@H]1O[Si](C)(C)C(C)(C)C. The van der Waals surface area contributed by atoms with Crippen LogP contribution in [0.3, 0.4) is 0 Å². The fraction of sp³-hybridized carbons (Fsp3) is 0.767. The van der Waals surface area contributed by atoms with Crippen molar-refractivity contribution in [1.29, 1.82) is 0 Å². The van der Waals surface area contributed by atoms with Gasteiger partial charge in [0.1, 0.15) is 0 Å². The lowest BCUT2D eigenvalue weighted by Crippen LogP contribution is -2.49. The first-order valence-corrected chi connectivity index (χ1v) is 25.4. The molecule has 0 aromatic rings. The molecule has 0 radical (unpaired) electrons. The molecule has 5 heteroatoms. The van der Waals surface area contributed by atoms with E-state index < -0.39 is 16.6 Å². The molecule has 4 aliphatic rings. The smallest absolute Gasteiger partial charge is 0.192 e. The van der Waals surface area contributed by atoms with E-state index in [-0.39, 0.29) is 33.8 Å². The lowest BCUT2D eigenvalue weighted by atomic mass is 9.61. The molecule has 3 nitrogen and oxygen atoms in total. The minimum absolute atomic E-state index is 0.00478. The summed E-state index contributed by atoms with van der Waals surface area (Å²) in [4.78, 5) is 0. The van der Waals surface area contributed by atoms with E-state index in [1.165, 1.54) is 43.3 Å². The predicted molar refractivity (Wildman–Crippen MR) is 212 cm³/mol. The van der Waals surface area contributed by atoms with Crippen LogP contribution in [0.1, 0.15) is 127 Å². The minimum atomic E-state index is -1.99. The second-order valence-corrected chi connectivity index (χ2v) is 29.1. The first kappa shape index (κ1) is 39.8. The van der Waals surface area contributed by atoms with Crippen LogP contribution in [-0.2, 0) is 8.85 Å². The van der Waals surface area contributed by atoms with Crippen molar-refractivity contribution in [2.24, 2.45) is 28.6 Å². The maximum Gasteiger partial charge on any atom is 0.192 e. The van der Waals surface area contributed by atoms with Crippen LogP contribution in [-0.4, -0.2) is 40.1 Å². The standard InChI is InChI=1S/C43H74O3Si2/c1-15-16-26-43(27-28-43)39(44)24-19-31(2)36-22-23-37-33(18-17-25-42(36,37)10)20-21-34-29-35(45-47(11,12)40(4,5)6)30-38(32(34)3)46-48(13,14)41(7,8)9/h16,19-21,24,26,31,35-39,44H,3,15,17-18,22-23,25,27-30H2,1-2,4-14H3/t31-,35-,36-,37+,38+,39-,42-/m1/s1. The number of fused-ring (bicyclic) bond motifs is 1. The van der Waals surface area contributed by atoms with Crippen molar-refractivity contribution < 1.29 is 14.0 Å². The van der Waals surface area contributed by atoms with E-state index in [0.29, 0.717) is 23.2 Å². The second kappa shape index (κ2) is 14.6. The Kier molecular flexibility index (Phi) is 12.1. The van der Waals surface area contributed by atoms with Gasteiger partial charge in [0, 0.05) is 11.8 Å². The largest absolute Gasteiger partial charge is 0.413 e. The molecular weight excluding hydrogens is 621 g/mol. The van der Waals surface area contributed by atoms with E-state index in [0.717, 1.165) is 32.1 Å². The number of rotatable bonds is 11. The van der Waals surface area contributed by atoms with E-state index >= 15 is 0 Å². The van der Waals surface area contributed by atoms with Gasteiger partial charge in [-0.05, 0) is 128 Å². The zero-order valence-corrected chi connectivity index (χ0v) is 35.5. The summed E-state index contributed by atoms with van der Waals surface area (Å²) < 4.78 is 14.2. The van der Waals surface area contributed by atoms with Crippen molar-refractivity contribution in [2.45, 2.75) is 181 Å². The van der Waals surface area contributed by atoms with E-state index in [4.69, 9.17) is 15.4 Å². The summed E-state index contributed by atoms with van der Waals surface area (Å²) >= 11 is 0. The summed E-state index contributed by atoms with van der Waals surface area (Å²) in [5.74, 6) is 1.75. The summed E-state index contributed by atoms with van der Waals surface area (Å²) in [6.07, 6.45) is 25.1. The molecular formula is C43H74O3Si2. The summed E-state index contributed by atoms with van der Waals surface area (Å²) in [5, 5.41) is 11.4. The summed E-state index contributed by atoms with van der Waals surface area (Å²) in [6, 6.07) is 0. The maximum absolute atomic E-state index is 11.1. The number of aliphatic hydroxyl groups is 1. The van der Waals surface area contributed by atoms with Gasteiger partial charge in [0.25, 0.3) is 0 Å². The van der Waals surface area contributed by atoms with Gasteiger partial charge in [-0.25, -0.2) is 0 Å². The third-order valence-electron chi connectivity index (χ3n) is 14.1. The van der Waals surface area contributed by atoms with Crippen molar-refractivity contribution in [1.82, 2.24) is 0 Å². The molecule has 0 heterocycles. The number of allylic oxidation sites excluding steroid dienone is 5. The van der Waals surface area contributed by atoms with Gasteiger partial charge < -0.3 is 14.0 Å². The average Bonchev–Trinajstić information content (AvgIpc) is 3.68. The fourth-order valence-electron chi connectivity index (χ4n) is 8.57. The molecule has 0 unspecified atom stereocenters. The van der Waals surface area contributed by atoms with E-state index in [1.54, 1.807) is 5.57 Å². The monoisotopic (exact) mass is 695 g/mol. The van der Waals surface area contributed by atoms with Crippen LogP contribution in [0.5, 0.6) is 0 Å². The highest BCUT2D eigenvalue weighted by atomic mass is 28.4. The quantitative estimate of drug-likeness (QED) is 0.173. The van der Waals surface area contributed by atoms with Gasteiger partial charge in [-0.1, -0.05) is 111 Å². The van der Waals surface area contributed by atoms with Crippen LogP contribution in [0.15, 0.2) is 59.8 Å². The van der Waals surface area contributed by atoms with Gasteiger partial charge in [-0.3, -0.25) is 0 Å². The lowest BCUT2D eigenvalue weighted by molar-refractivity contribution is 0.0969. The molecule has 4 saturated carbocycles. The van der Waals surface area contributed by atoms with E-state index in [2.05, 4.69) is 125 Å². The maximum atomic E-state index is 11.1. The van der Waals surface area contributed by atoms with Crippen LogP contribution in [0.2, 0.25) is 36.3 Å². The molecule has 0 aromatic carbocycles. The lowest BCUT2D eigenvalue weighted by Gasteiger charge is -2.45. The van der Waals surface area contributed by atoms with Crippen LogP contribution in [0.25, 0.3) is 0 Å². The average molecular weight is 695 g/mol. The first-order chi connectivity index (χ1) is 22.1.